The summed E-state index contributed by atoms with van der Waals surface area (Å²) in [7, 11) is 1.71. The first-order valence-corrected chi connectivity index (χ1v) is 5.17. The van der Waals surface area contributed by atoms with Crippen LogP contribution in [0.2, 0.25) is 0 Å². The number of hydrogen-bond acceptors (Lipinski definition) is 2. The molecule has 1 saturated heterocycles. The van der Waals surface area contributed by atoms with Crippen molar-refractivity contribution >= 4 is 0 Å². The Hall–Kier alpha value is -1.02. The second kappa shape index (κ2) is 4.01. The molecule has 76 valence electrons. The van der Waals surface area contributed by atoms with E-state index in [4.69, 9.17) is 4.74 Å². The molecule has 0 spiro atoms. The van der Waals surface area contributed by atoms with Gasteiger partial charge in [-0.05, 0) is 36.6 Å². The van der Waals surface area contributed by atoms with Crippen molar-refractivity contribution in [2.75, 3.05) is 13.7 Å². The number of rotatable bonds is 2. The molecule has 1 N–H and O–H groups in total. The topological polar surface area (TPSA) is 21.3 Å². The quantitative estimate of drug-likeness (QED) is 0.775. The highest BCUT2D eigenvalue weighted by atomic mass is 16.5. The molecule has 0 amide bonds. The highest BCUT2D eigenvalue weighted by Gasteiger charge is 2.21. The Bertz CT molecular complexity index is 311. The van der Waals surface area contributed by atoms with Gasteiger partial charge < -0.3 is 10.1 Å². The van der Waals surface area contributed by atoms with Gasteiger partial charge in [0.1, 0.15) is 5.75 Å². The van der Waals surface area contributed by atoms with Crippen LogP contribution in [0.25, 0.3) is 0 Å². The molecule has 0 unspecified atom stereocenters. The molecule has 0 bridgehead atoms. The van der Waals surface area contributed by atoms with Crippen molar-refractivity contribution in [3.63, 3.8) is 0 Å². The lowest BCUT2D eigenvalue weighted by Crippen LogP contribution is -2.13. The summed E-state index contributed by atoms with van der Waals surface area (Å²) in [5, 5.41) is 3.52. The molecule has 1 aliphatic rings. The Labute approximate surface area is 85.3 Å². The SMILES string of the molecule is COc1cccc([C@H]2C[C@H](C)CN2)c1. The van der Waals surface area contributed by atoms with Gasteiger partial charge in [-0.2, -0.15) is 0 Å². The van der Waals surface area contributed by atoms with E-state index in [9.17, 15) is 0 Å². The normalized spacial score (nSPS) is 26.4. The van der Waals surface area contributed by atoms with Gasteiger partial charge in [0.25, 0.3) is 0 Å². The zero-order valence-corrected chi connectivity index (χ0v) is 8.79. The molecule has 0 saturated carbocycles. The van der Waals surface area contributed by atoms with Gasteiger partial charge in [0.15, 0.2) is 0 Å². The van der Waals surface area contributed by atoms with Crippen molar-refractivity contribution in [3.05, 3.63) is 29.8 Å². The molecule has 2 atom stereocenters. The van der Waals surface area contributed by atoms with Gasteiger partial charge in [0, 0.05) is 6.04 Å². The lowest BCUT2D eigenvalue weighted by molar-refractivity contribution is 0.413. The highest BCUT2D eigenvalue weighted by Crippen LogP contribution is 2.28. The predicted octanol–water partition coefficient (Wildman–Crippen LogP) is 2.37. The van der Waals surface area contributed by atoms with Crippen molar-refractivity contribution < 1.29 is 4.74 Å². The molecule has 0 aromatic heterocycles. The Balaban J connectivity index is 2.15. The zero-order chi connectivity index (χ0) is 9.97. The second-order valence-corrected chi connectivity index (χ2v) is 4.08. The molecule has 1 aliphatic heterocycles. The van der Waals surface area contributed by atoms with Crippen molar-refractivity contribution in [2.45, 2.75) is 19.4 Å². The van der Waals surface area contributed by atoms with Crippen LogP contribution in [0.1, 0.15) is 24.9 Å². The molecule has 1 aromatic rings. The summed E-state index contributed by atoms with van der Waals surface area (Å²) in [6.45, 7) is 3.41. The smallest absolute Gasteiger partial charge is 0.119 e. The predicted molar refractivity (Wildman–Crippen MR) is 57.5 cm³/mol. The van der Waals surface area contributed by atoms with Crippen LogP contribution in [0.15, 0.2) is 24.3 Å². The van der Waals surface area contributed by atoms with E-state index in [-0.39, 0.29) is 0 Å². The van der Waals surface area contributed by atoms with E-state index >= 15 is 0 Å². The summed E-state index contributed by atoms with van der Waals surface area (Å²) in [6.07, 6.45) is 1.23. The van der Waals surface area contributed by atoms with Crippen LogP contribution in [0.5, 0.6) is 5.75 Å². The maximum atomic E-state index is 5.21. The average Bonchev–Trinajstić information content (AvgIpc) is 2.65. The van der Waals surface area contributed by atoms with Gasteiger partial charge in [0.2, 0.25) is 0 Å². The molecule has 2 rings (SSSR count). The molecule has 2 nitrogen and oxygen atoms in total. The summed E-state index contributed by atoms with van der Waals surface area (Å²) in [4.78, 5) is 0. The van der Waals surface area contributed by atoms with E-state index in [0.29, 0.717) is 6.04 Å². The minimum absolute atomic E-state index is 0.514. The molecular weight excluding hydrogens is 174 g/mol. The first-order valence-electron chi connectivity index (χ1n) is 5.17. The summed E-state index contributed by atoms with van der Waals surface area (Å²) in [6, 6.07) is 8.84. The maximum absolute atomic E-state index is 5.21. The molecule has 14 heavy (non-hydrogen) atoms. The maximum Gasteiger partial charge on any atom is 0.119 e. The molecule has 1 aromatic carbocycles. The van der Waals surface area contributed by atoms with Gasteiger partial charge >= 0.3 is 0 Å². The molecule has 1 fully saturated rings. The summed E-state index contributed by atoms with van der Waals surface area (Å²) >= 11 is 0. The average molecular weight is 191 g/mol. The van der Waals surface area contributed by atoms with Crippen molar-refractivity contribution in [2.24, 2.45) is 5.92 Å². The van der Waals surface area contributed by atoms with E-state index in [1.54, 1.807) is 7.11 Å². The van der Waals surface area contributed by atoms with E-state index in [0.717, 1.165) is 18.2 Å². The van der Waals surface area contributed by atoms with Gasteiger partial charge in [-0.1, -0.05) is 19.1 Å². The summed E-state index contributed by atoms with van der Waals surface area (Å²) < 4.78 is 5.21. The third-order valence-corrected chi connectivity index (χ3v) is 2.85. The minimum Gasteiger partial charge on any atom is -0.497 e. The van der Waals surface area contributed by atoms with Gasteiger partial charge in [-0.15, -0.1) is 0 Å². The van der Waals surface area contributed by atoms with Gasteiger partial charge in [-0.3, -0.25) is 0 Å². The minimum atomic E-state index is 0.514. The molecule has 0 radical (unpaired) electrons. The number of benzene rings is 1. The van der Waals surface area contributed by atoms with Crippen LogP contribution in [0.4, 0.5) is 0 Å². The molecular formula is C12H17NO. The van der Waals surface area contributed by atoms with Crippen molar-refractivity contribution in [3.8, 4) is 5.75 Å². The lowest BCUT2D eigenvalue weighted by Gasteiger charge is -2.11. The van der Waals surface area contributed by atoms with E-state index in [1.807, 2.05) is 6.07 Å². The fraction of sp³-hybridized carbons (Fsp3) is 0.500. The summed E-state index contributed by atoms with van der Waals surface area (Å²) in [5.41, 5.74) is 1.34. The zero-order valence-electron chi connectivity index (χ0n) is 8.79. The summed E-state index contributed by atoms with van der Waals surface area (Å²) in [5.74, 6) is 1.73. The van der Waals surface area contributed by atoms with Crippen LogP contribution >= 0.6 is 0 Å². The Morgan fingerprint density at radius 1 is 1.43 bits per heavy atom. The number of hydrogen-bond donors (Lipinski definition) is 1. The van der Waals surface area contributed by atoms with Gasteiger partial charge in [-0.25, -0.2) is 0 Å². The van der Waals surface area contributed by atoms with Crippen molar-refractivity contribution in [1.29, 1.82) is 0 Å². The molecule has 0 aliphatic carbocycles. The number of methoxy groups -OCH3 is 1. The highest BCUT2D eigenvalue weighted by molar-refractivity contribution is 5.31. The molecule has 2 heteroatoms. The van der Waals surface area contributed by atoms with Crippen molar-refractivity contribution in [1.82, 2.24) is 5.32 Å². The second-order valence-electron chi connectivity index (χ2n) is 4.08. The third kappa shape index (κ3) is 1.90. The van der Waals surface area contributed by atoms with Crippen LogP contribution in [0, 0.1) is 5.92 Å². The number of ether oxygens (including phenoxy) is 1. The van der Waals surface area contributed by atoms with Crippen LogP contribution in [0.3, 0.4) is 0 Å². The largest absolute Gasteiger partial charge is 0.497 e. The third-order valence-electron chi connectivity index (χ3n) is 2.85. The first-order chi connectivity index (χ1) is 6.79. The van der Waals surface area contributed by atoms with E-state index in [1.165, 1.54) is 12.0 Å². The first kappa shape index (κ1) is 9.53. The van der Waals surface area contributed by atoms with Gasteiger partial charge in [0.05, 0.1) is 7.11 Å². The van der Waals surface area contributed by atoms with Crippen LogP contribution in [-0.4, -0.2) is 13.7 Å². The molecule has 1 heterocycles. The Morgan fingerprint density at radius 2 is 2.29 bits per heavy atom. The fourth-order valence-corrected chi connectivity index (χ4v) is 2.02. The van der Waals surface area contributed by atoms with Crippen LogP contribution < -0.4 is 10.1 Å². The standard InChI is InChI=1S/C12H17NO/c1-9-6-12(13-8-9)10-4-3-5-11(7-10)14-2/h3-5,7,9,12-13H,6,8H2,1-2H3/t9-,12+/m0/s1. The lowest BCUT2D eigenvalue weighted by atomic mass is 10.0. The fourth-order valence-electron chi connectivity index (χ4n) is 2.02. The van der Waals surface area contributed by atoms with Crippen LogP contribution in [-0.2, 0) is 0 Å². The Kier molecular flexibility index (Phi) is 2.73. The van der Waals surface area contributed by atoms with E-state index in [2.05, 4.69) is 30.4 Å². The number of nitrogens with one attached hydrogen (secondary N) is 1. The van der Waals surface area contributed by atoms with E-state index < -0.39 is 0 Å². The monoisotopic (exact) mass is 191 g/mol. The Morgan fingerprint density at radius 3 is 2.93 bits per heavy atom.